The molecule has 0 bridgehead atoms. The Kier molecular flexibility index (Phi) is 5.03. The van der Waals surface area contributed by atoms with Crippen molar-refractivity contribution in [2.45, 2.75) is 16.7 Å². The highest BCUT2D eigenvalue weighted by Crippen LogP contribution is 2.47. The average Bonchev–Trinajstić information content (AvgIpc) is 2.69. The van der Waals surface area contributed by atoms with Gasteiger partial charge >= 0.3 is 0 Å². The van der Waals surface area contributed by atoms with Crippen LogP contribution in [0.4, 0.5) is 17.1 Å². The van der Waals surface area contributed by atoms with Crippen LogP contribution in [0.15, 0.2) is 82.6 Å². The lowest BCUT2D eigenvalue weighted by Crippen LogP contribution is -2.31. The molecule has 4 rings (SSSR count). The fraction of sp³-hybridized carbons (Fsp3) is 0.136. The van der Waals surface area contributed by atoms with Gasteiger partial charge < -0.3 is 15.0 Å². The van der Waals surface area contributed by atoms with E-state index in [0.717, 1.165) is 32.6 Å². The molecule has 0 saturated carbocycles. The second-order valence-electron chi connectivity index (χ2n) is 6.13. The predicted octanol–water partition coefficient (Wildman–Crippen LogP) is 5.33. The van der Waals surface area contributed by atoms with Crippen molar-refractivity contribution >= 4 is 34.7 Å². The molecular formula is C22H20N2O2S. The Bertz CT molecular complexity index is 911. The van der Waals surface area contributed by atoms with Gasteiger partial charge in [0, 0.05) is 15.5 Å². The molecule has 4 nitrogen and oxygen atoms in total. The van der Waals surface area contributed by atoms with E-state index in [1.165, 1.54) is 0 Å². The van der Waals surface area contributed by atoms with Crippen LogP contribution in [0.25, 0.3) is 0 Å². The molecule has 1 heterocycles. The van der Waals surface area contributed by atoms with Gasteiger partial charge in [-0.1, -0.05) is 36.0 Å². The number of para-hydroxylation sites is 2. The third kappa shape index (κ3) is 3.78. The minimum absolute atomic E-state index is 0.0596. The molecule has 3 aromatic rings. The molecule has 1 aliphatic heterocycles. The normalized spacial score (nSPS) is 12.1. The van der Waals surface area contributed by atoms with Gasteiger partial charge in [-0.15, -0.1) is 0 Å². The molecule has 1 amide bonds. The predicted molar refractivity (Wildman–Crippen MR) is 110 cm³/mol. The second-order valence-corrected chi connectivity index (χ2v) is 7.21. The Morgan fingerprint density at radius 3 is 2.11 bits per heavy atom. The number of benzene rings is 3. The summed E-state index contributed by atoms with van der Waals surface area (Å²) in [5.41, 5.74) is 2.88. The number of anilines is 3. The summed E-state index contributed by atoms with van der Waals surface area (Å²) >= 11 is 1.74. The number of nitrogens with one attached hydrogen (secondary N) is 1. The first-order chi connectivity index (χ1) is 13.2. The summed E-state index contributed by atoms with van der Waals surface area (Å²) in [5, 5.41) is 2.98. The molecule has 0 atom stereocenters. The van der Waals surface area contributed by atoms with Gasteiger partial charge in [-0.05, 0) is 55.5 Å². The maximum Gasteiger partial charge on any atom is 0.244 e. The summed E-state index contributed by atoms with van der Waals surface area (Å²) in [6.45, 7) is 2.82. The zero-order valence-electron chi connectivity index (χ0n) is 15.0. The fourth-order valence-electron chi connectivity index (χ4n) is 3.10. The van der Waals surface area contributed by atoms with Crippen molar-refractivity contribution in [3.63, 3.8) is 0 Å². The molecule has 1 N–H and O–H groups in total. The van der Waals surface area contributed by atoms with Crippen molar-refractivity contribution < 1.29 is 9.53 Å². The zero-order chi connectivity index (χ0) is 18.6. The van der Waals surface area contributed by atoms with Crippen molar-refractivity contribution in [1.82, 2.24) is 0 Å². The lowest BCUT2D eigenvalue weighted by atomic mass is 10.2. The number of ether oxygens (including phenoxy) is 1. The van der Waals surface area contributed by atoms with Gasteiger partial charge in [0.2, 0.25) is 5.91 Å². The number of hydrogen-bond acceptors (Lipinski definition) is 4. The monoisotopic (exact) mass is 376 g/mol. The van der Waals surface area contributed by atoms with Gasteiger partial charge in [-0.25, -0.2) is 0 Å². The summed E-state index contributed by atoms with van der Waals surface area (Å²) in [7, 11) is 0. The number of carbonyl (C=O) groups is 1. The Balaban J connectivity index is 1.54. The Morgan fingerprint density at radius 1 is 0.926 bits per heavy atom. The molecule has 27 heavy (non-hydrogen) atoms. The molecule has 1 aliphatic rings. The van der Waals surface area contributed by atoms with E-state index in [1.807, 2.05) is 55.5 Å². The van der Waals surface area contributed by atoms with E-state index in [-0.39, 0.29) is 12.5 Å². The number of nitrogens with zero attached hydrogens (tertiary/aromatic N) is 1. The summed E-state index contributed by atoms with van der Waals surface area (Å²) < 4.78 is 5.44. The first-order valence-corrected chi connectivity index (χ1v) is 9.72. The Morgan fingerprint density at radius 2 is 1.52 bits per heavy atom. The van der Waals surface area contributed by atoms with Crippen LogP contribution in [-0.4, -0.2) is 19.1 Å². The number of amides is 1. The molecular weight excluding hydrogens is 356 g/mol. The molecule has 0 radical (unpaired) electrons. The van der Waals surface area contributed by atoms with Gasteiger partial charge in [-0.3, -0.25) is 4.79 Å². The summed E-state index contributed by atoms with van der Waals surface area (Å²) in [4.78, 5) is 17.1. The molecule has 3 aromatic carbocycles. The molecule has 0 aromatic heterocycles. The number of hydrogen-bond donors (Lipinski definition) is 1. The summed E-state index contributed by atoms with van der Waals surface area (Å²) in [6.07, 6.45) is 0. The van der Waals surface area contributed by atoms with E-state index >= 15 is 0 Å². The molecule has 0 saturated heterocycles. The molecule has 0 spiro atoms. The van der Waals surface area contributed by atoms with Crippen molar-refractivity contribution in [3.05, 3.63) is 72.8 Å². The van der Waals surface area contributed by atoms with Crippen LogP contribution < -0.4 is 15.0 Å². The highest BCUT2D eigenvalue weighted by atomic mass is 32.2. The van der Waals surface area contributed by atoms with Crippen LogP contribution in [-0.2, 0) is 4.79 Å². The lowest BCUT2D eigenvalue weighted by molar-refractivity contribution is -0.114. The minimum atomic E-state index is -0.0596. The highest BCUT2D eigenvalue weighted by Gasteiger charge is 2.24. The van der Waals surface area contributed by atoms with Gasteiger partial charge in [0.15, 0.2) is 0 Å². The Hall–Kier alpha value is -2.92. The number of fused-ring (bicyclic) bond motifs is 2. The SMILES string of the molecule is CCOc1ccc(NC(=O)CN2c3ccccc3Sc3ccccc32)cc1. The van der Waals surface area contributed by atoms with E-state index in [2.05, 4.69) is 34.5 Å². The molecule has 5 heteroatoms. The molecule has 0 unspecified atom stereocenters. The van der Waals surface area contributed by atoms with Gasteiger partial charge in [0.25, 0.3) is 0 Å². The number of rotatable bonds is 5. The minimum Gasteiger partial charge on any atom is -0.494 e. The van der Waals surface area contributed by atoms with E-state index in [1.54, 1.807) is 11.8 Å². The van der Waals surface area contributed by atoms with Crippen molar-refractivity contribution in [2.75, 3.05) is 23.4 Å². The highest BCUT2D eigenvalue weighted by molar-refractivity contribution is 7.99. The zero-order valence-corrected chi connectivity index (χ0v) is 15.8. The van der Waals surface area contributed by atoms with Gasteiger partial charge in [-0.2, -0.15) is 0 Å². The average molecular weight is 376 g/mol. The summed E-state index contributed by atoms with van der Waals surface area (Å²) in [5.74, 6) is 0.738. The van der Waals surface area contributed by atoms with E-state index in [9.17, 15) is 4.79 Å². The van der Waals surface area contributed by atoms with Gasteiger partial charge in [0.05, 0.1) is 18.0 Å². The first kappa shape index (κ1) is 17.5. The molecule has 136 valence electrons. The third-order valence-electron chi connectivity index (χ3n) is 4.28. The third-order valence-corrected chi connectivity index (χ3v) is 5.41. The van der Waals surface area contributed by atoms with Crippen LogP contribution in [0.5, 0.6) is 5.75 Å². The standard InChI is InChI=1S/C22H20N2O2S/c1-2-26-17-13-11-16(12-14-17)23-22(25)15-24-18-7-3-5-9-20(18)27-21-10-6-4-8-19(21)24/h3-14H,2,15H2,1H3,(H,23,25). The second kappa shape index (κ2) is 7.76. The smallest absolute Gasteiger partial charge is 0.244 e. The van der Waals surface area contributed by atoms with Gasteiger partial charge in [0.1, 0.15) is 12.3 Å². The van der Waals surface area contributed by atoms with Crippen LogP contribution in [0.2, 0.25) is 0 Å². The maximum absolute atomic E-state index is 12.7. The lowest BCUT2D eigenvalue weighted by Gasteiger charge is -2.32. The van der Waals surface area contributed by atoms with Crippen molar-refractivity contribution in [2.24, 2.45) is 0 Å². The van der Waals surface area contributed by atoms with Crippen LogP contribution in [0.3, 0.4) is 0 Å². The van der Waals surface area contributed by atoms with Crippen molar-refractivity contribution in [3.8, 4) is 5.75 Å². The fourth-order valence-corrected chi connectivity index (χ4v) is 4.19. The van der Waals surface area contributed by atoms with E-state index < -0.39 is 0 Å². The van der Waals surface area contributed by atoms with Crippen LogP contribution in [0, 0.1) is 0 Å². The Labute approximate surface area is 163 Å². The van der Waals surface area contributed by atoms with Crippen LogP contribution >= 0.6 is 11.8 Å². The first-order valence-electron chi connectivity index (χ1n) is 8.91. The van der Waals surface area contributed by atoms with E-state index in [4.69, 9.17) is 4.74 Å². The quantitative estimate of drug-likeness (QED) is 0.654. The number of carbonyl (C=O) groups excluding carboxylic acids is 1. The summed E-state index contributed by atoms with van der Waals surface area (Å²) in [6, 6.07) is 23.8. The van der Waals surface area contributed by atoms with Crippen LogP contribution in [0.1, 0.15) is 6.92 Å². The maximum atomic E-state index is 12.7. The largest absolute Gasteiger partial charge is 0.494 e. The topological polar surface area (TPSA) is 41.6 Å². The van der Waals surface area contributed by atoms with E-state index in [0.29, 0.717) is 6.61 Å². The van der Waals surface area contributed by atoms with Crippen molar-refractivity contribution in [1.29, 1.82) is 0 Å². The molecule has 0 aliphatic carbocycles. The molecule has 0 fully saturated rings.